The van der Waals surface area contributed by atoms with Crippen LogP contribution < -0.4 is 10.9 Å². The average Bonchev–Trinajstić information content (AvgIpc) is 2.75. The minimum absolute atomic E-state index is 0.0362. The monoisotopic (exact) mass is 456 g/mol. The van der Waals surface area contributed by atoms with Crippen molar-refractivity contribution in [1.82, 2.24) is 4.57 Å². The second kappa shape index (κ2) is 7.66. The van der Waals surface area contributed by atoms with Gasteiger partial charge in [-0.25, -0.2) is 4.39 Å². The molecule has 3 atom stereocenters. The Morgan fingerprint density at radius 1 is 1.12 bits per heavy atom. The van der Waals surface area contributed by atoms with Gasteiger partial charge in [-0.05, 0) is 84.7 Å². The van der Waals surface area contributed by atoms with Gasteiger partial charge in [0.25, 0.3) is 5.56 Å². The van der Waals surface area contributed by atoms with Crippen LogP contribution in [0.1, 0.15) is 51.0 Å². The highest BCUT2D eigenvalue weighted by atomic mass is 19.1. The largest absolute Gasteiger partial charge is 0.325 e. The fourth-order valence-electron chi connectivity index (χ4n) is 7.33. The van der Waals surface area contributed by atoms with Gasteiger partial charge in [-0.15, -0.1) is 0 Å². The summed E-state index contributed by atoms with van der Waals surface area (Å²) in [6.45, 7) is 2.72. The smallest absolute Gasteiger partial charge is 0.258 e. The number of aromatic nitrogens is 1. The summed E-state index contributed by atoms with van der Waals surface area (Å²) < 4.78 is 14.8. The minimum Gasteiger partial charge on any atom is -0.325 e. The van der Waals surface area contributed by atoms with E-state index in [0.29, 0.717) is 24.0 Å². The minimum atomic E-state index is -0.297. The summed E-state index contributed by atoms with van der Waals surface area (Å²) >= 11 is 0. The number of carbonyl (C=O) groups is 1. The van der Waals surface area contributed by atoms with Crippen LogP contribution in [-0.2, 0) is 11.3 Å². The standard InChI is InChI=1S/C29H29FN2O2/c1-28-12-20-11-21(13-28)15-29(14-20,18-28)16-26(33)31-25-4-2-3-24-23(25)9-10-32(27(24)34)17-19-5-7-22(30)8-6-19/h2-10,12,21H,11,13-18H2,1H3,(H,31,33). The number of fused-ring (bicyclic) bond motifs is 1. The van der Waals surface area contributed by atoms with Crippen molar-refractivity contribution >= 4 is 22.4 Å². The zero-order chi connectivity index (χ0) is 23.5. The number of benzene rings is 2. The second-order valence-corrected chi connectivity index (χ2v) is 11.2. The predicted octanol–water partition coefficient (Wildman–Crippen LogP) is 6.04. The quantitative estimate of drug-likeness (QED) is 0.476. The molecule has 7 rings (SSSR count). The van der Waals surface area contributed by atoms with E-state index in [-0.39, 0.29) is 28.1 Å². The lowest BCUT2D eigenvalue weighted by atomic mass is 9.48. The first kappa shape index (κ1) is 21.3. The summed E-state index contributed by atoms with van der Waals surface area (Å²) in [6.07, 6.45) is 10.5. The van der Waals surface area contributed by atoms with Crippen LogP contribution in [0.25, 0.3) is 10.8 Å². The van der Waals surface area contributed by atoms with Crippen molar-refractivity contribution in [2.75, 3.05) is 5.32 Å². The summed E-state index contributed by atoms with van der Waals surface area (Å²) in [5.74, 6) is 0.459. The first-order valence-electron chi connectivity index (χ1n) is 12.2. The van der Waals surface area contributed by atoms with Gasteiger partial charge >= 0.3 is 0 Å². The third-order valence-corrected chi connectivity index (χ3v) is 8.06. The first-order chi connectivity index (χ1) is 16.3. The summed E-state index contributed by atoms with van der Waals surface area (Å²) in [6, 6.07) is 13.5. The molecule has 0 saturated heterocycles. The van der Waals surface area contributed by atoms with E-state index in [1.807, 2.05) is 18.2 Å². The Morgan fingerprint density at radius 3 is 2.71 bits per heavy atom. The number of nitrogens with zero attached hydrogens (tertiary/aromatic N) is 1. The molecule has 2 aromatic carbocycles. The lowest BCUT2D eigenvalue weighted by Gasteiger charge is -2.57. The van der Waals surface area contributed by atoms with Crippen molar-refractivity contribution in [2.45, 2.75) is 52.0 Å². The van der Waals surface area contributed by atoms with E-state index < -0.39 is 0 Å². The van der Waals surface area contributed by atoms with Crippen LogP contribution in [0.5, 0.6) is 0 Å². The number of hydrogen-bond acceptors (Lipinski definition) is 2. The lowest BCUT2D eigenvalue weighted by molar-refractivity contribution is -0.121. The molecule has 3 aromatic rings. The molecule has 2 saturated carbocycles. The Kier molecular flexibility index (Phi) is 4.80. The van der Waals surface area contributed by atoms with Crippen molar-refractivity contribution in [1.29, 1.82) is 0 Å². The number of halogens is 1. The molecule has 2 fully saturated rings. The van der Waals surface area contributed by atoms with Crippen molar-refractivity contribution in [3.63, 3.8) is 0 Å². The first-order valence-corrected chi connectivity index (χ1v) is 12.2. The van der Waals surface area contributed by atoms with Crippen LogP contribution in [0, 0.1) is 22.6 Å². The predicted molar refractivity (Wildman–Crippen MR) is 132 cm³/mol. The van der Waals surface area contributed by atoms with E-state index in [4.69, 9.17) is 0 Å². The molecule has 4 bridgehead atoms. The molecule has 3 unspecified atom stereocenters. The molecular formula is C29H29FN2O2. The fourth-order valence-corrected chi connectivity index (χ4v) is 7.33. The van der Waals surface area contributed by atoms with Gasteiger partial charge in [-0.2, -0.15) is 0 Å². The molecule has 1 N–H and O–H groups in total. The third-order valence-electron chi connectivity index (χ3n) is 8.06. The zero-order valence-corrected chi connectivity index (χ0v) is 19.4. The maximum Gasteiger partial charge on any atom is 0.258 e. The Balaban J connectivity index is 1.23. The molecular weight excluding hydrogens is 427 g/mol. The van der Waals surface area contributed by atoms with Crippen molar-refractivity contribution in [2.24, 2.45) is 16.7 Å². The van der Waals surface area contributed by atoms with Gasteiger partial charge in [0.15, 0.2) is 0 Å². The van der Waals surface area contributed by atoms with Gasteiger partial charge in [-0.3, -0.25) is 9.59 Å². The maximum atomic E-state index is 13.2. The van der Waals surface area contributed by atoms with E-state index in [1.165, 1.54) is 25.0 Å². The van der Waals surface area contributed by atoms with Crippen LogP contribution in [0.4, 0.5) is 10.1 Å². The summed E-state index contributed by atoms with van der Waals surface area (Å²) in [5, 5.41) is 4.44. The number of pyridine rings is 1. The summed E-state index contributed by atoms with van der Waals surface area (Å²) in [7, 11) is 0. The highest BCUT2D eigenvalue weighted by Crippen LogP contribution is 2.63. The topological polar surface area (TPSA) is 51.1 Å². The molecule has 1 aromatic heterocycles. The fraction of sp³-hybridized carbons (Fsp3) is 0.379. The van der Waals surface area contributed by atoms with Crippen molar-refractivity contribution in [3.8, 4) is 0 Å². The molecule has 0 radical (unpaired) electrons. The SMILES string of the molecule is CC12C=C3CC(C1)CC(CC(=O)Nc1cccc4c(=O)n(Cc5ccc(F)cc5)ccc14)(C3)C2. The molecule has 1 amide bonds. The van der Waals surface area contributed by atoms with Gasteiger partial charge in [0, 0.05) is 29.1 Å². The van der Waals surface area contributed by atoms with Crippen LogP contribution in [0.15, 0.2) is 71.2 Å². The van der Waals surface area contributed by atoms with Crippen LogP contribution in [0.3, 0.4) is 0 Å². The number of allylic oxidation sites excluding steroid dienone is 2. The number of nitrogens with one attached hydrogen (secondary N) is 1. The number of hydrogen-bond donors (Lipinski definition) is 1. The maximum absolute atomic E-state index is 13.2. The zero-order valence-electron chi connectivity index (χ0n) is 19.4. The molecule has 4 aliphatic rings. The molecule has 0 aliphatic heterocycles. The van der Waals surface area contributed by atoms with Gasteiger partial charge in [0.2, 0.25) is 5.91 Å². The Labute approximate surface area is 198 Å². The molecule has 174 valence electrons. The molecule has 1 heterocycles. The van der Waals surface area contributed by atoms with Gasteiger partial charge < -0.3 is 9.88 Å². The van der Waals surface area contributed by atoms with Crippen LogP contribution >= 0.6 is 0 Å². The Hall–Kier alpha value is -3.21. The average molecular weight is 457 g/mol. The Morgan fingerprint density at radius 2 is 1.94 bits per heavy atom. The molecule has 4 aliphatic carbocycles. The van der Waals surface area contributed by atoms with E-state index in [1.54, 1.807) is 34.5 Å². The number of amides is 1. The number of rotatable bonds is 5. The number of carbonyl (C=O) groups excluding carboxylic acids is 1. The molecule has 4 nitrogen and oxygen atoms in total. The molecule has 5 heteroatoms. The van der Waals surface area contributed by atoms with Crippen LogP contribution in [0.2, 0.25) is 0 Å². The highest BCUT2D eigenvalue weighted by Gasteiger charge is 2.52. The molecule has 0 spiro atoms. The number of anilines is 1. The van der Waals surface area contributed by atoms with Gasteiger partial charge in [0.1, 0.15) is 5.82 Å². The Bertz CT molecular complexity index is 1390. The van der Waals surface area contributed by atoms with Crippen LogP contribution in [-0.4, -0.2) is 10.5 Å². The van der Waals surface area contributed by atoms with E-state index >= 15 is 0 Å². The normalized spacial score (nSPS) is 27.1. The highest BCUT2D eigenvalue weighted by molar-refractivity contribution is 6.02. The summed E-state index contributed by atoms with van der Waals surface area (Å²) in [5.41, 5.74) is 3.30. The van der Waals surface area contributed by atoms with E-state index in [0.717, 1.165) is 36.1 Å². The molecule has 34 heavy (non-hydrogen) atoms. The van der Waals surface area contributed by atoms with E-state index in [9.17, 15) is 14.0 Å². The third kappa shape index (κ3) is 3.77. The van der Waals surface area contributed by atoms with Crippen molar-refractivity contribution in [3.05, 3.63) is 88.1 Å². The lowest BCUT2D eigenvalue weighted by Crippen LogP contribution is -2.47. The van der Waals surface area contributed by atoms with Crippen molar-refractivity contribution < 1.29 is 9.18 Å². The second-order valence-electron chi connectivity index (χ2n) is 11.2. The summed E-state index contributed by atoms with van der Waals surface area (Å²) in [4.78, 5) is 26.4. The van der Waals surface area contributed by atoms with Gasteiger partial charge in [0.05, 0.1) is 6.54 Å². The van der Waals surface area contributed by atoms with Gasteiger partial charge in [-0.1, -0.05) is 36.8 Å². The van der Waals surface area contributed by atoms with E-state index in [2.05, 4.69) is 18.3 Å².